The summed E-state index contributed by atoms with van der Waals surface area (Å²) < 4.78 is 25.0. The van der Waals surface area contributed by atoms with E-state index in [1.165, 1.54) is 57.9 Å². The number of H-pyrrole nitrogens is 1. The molecule has 0 spiro atoms. The van der Waals surface area contributed by atoms with Gasteiger partial charge in [0.1, 0.15) is 22.8 Å². The number of urea groups is 1. The van der Waals surface area contributed by atoms with Gasteiger partial charge in [-0.05, 0) is 40.3 Å². The Morgan fingerprint density at radius 3 is 2.54 bits per heavy atom. The Balaban J connectivity index is 1.24. The molecule has 1 unspecified atom stereocenters. The number of primary amides is 1. The minimum Gasteiger partial charge on any atom is -0.477 e. The fraction of sp³-hybridized carbons (Fsp3) is 0.259. The maximum Gasteiger partial charge on any atom is 0.352 e. The molecule has 3 atom stereocenters. The number of nitrogen functional groups attached to an aromatic ring is 1. The van der Waals surface area contributed by atoms with E-state index >= 15 is 0 Å². The van der Waals surface area contributed by atoms with E-state index in [1.54, 1.807) is 7.05 Å². The second-order valence-electron chi connectivity index (χ2n) is 11.1. The van der Waals surface area contributed by atoms with Gasteiger partial charge < -0.3 is 27.2 Å². The van der Waals surface area contributed by atoms with Crippen molar-refractivity contribution in [3.63, 3.8) is 0 Å². The lowest BCUT2D eigenvalue weighted by atomic mass is 10.0. The molecule has 8 N–H and O–H groups in total. The van der Waals surface area contributed by atoms with Gasteiger partial charge in [0.2, 0.25) is 17.0 Å². The summed E-state index contributed by atoms with van der Waals surface area (Å²) in [6, 6.07) is 1.44. The van der Waals surface area contributed by atoms with Crippen LogP contribution in [0.3, 0.4) is 0 Å². The number of amides is 4. The number of aryl methyl sites for hydroxylation is 1. The lowest BCUT2D eigenvalue weighted by molar-refractivity contribution is -0.150. The fourth-order valence-corrected chi connectivity index (χ4v) is 8.81. The van der Waals surface area contributed by atoms with Gasteiger partial charge in [-0.3, -0.25) is 29.2 Å². The topological polar surface area (TPSA) is 307 Å². The number of hydrogen-bond acceptors (Lipinski definition) is 17. The summed E-state index contributed by atoms with van der Waals surface area (Å²) in [7, 11) is -1.81. The number of fused-ring (bicyclic) bond motifs is 1. The highest BCUT2D eigenvalue weighted by atomic mass is 32.2. The number of carboxylic acid groups (broad SMARTS) is 1. The maximum atomic E-state index is 14.0. The SMILES string of the molecule is Cn1nnnc1SCC1=C(C(=O)O)N2C(=O)[C@@H](NC(=O)C(c3csc(N)n3)N(C(N)=O)c3cnc(Nc4ccc(S(C)(=O)=O)cc4)[nH]c3=O)[C@@H]2SC1. The van der Waals surface area contributed by atoms with Crippen molar-refractivity contribution in [2.24, 2.45) is 12.8 Å². The Bertz CT molecular complexity index is 2290. The molecule has 0 radical (unpaired) electrons. The largest absolute Gasteiger partial charge is 0.477 e. The maximum absolute atomic E-state index is 14.0. The highest BCUT2D eigenvalue weighted by molar-refractivity contribution is 8.01. The molecule has 5 heterocycles. The lowest BCUT2D eigenvalue weighted by Gasteiger charge is -2.49. The van der Waals surface area contributed by atoms with Gasteiger partial charge in [-0.1, -0.05) is 11.8 Å². The highest BCUT2D eigenvalue weighted by Gasteiger charge is 2.55. The fourth-order valence-electron chi connectivity index (χ4n) is 5.26. The van der Waals surface area contributed by atoms with Crippen LogP contribution in [0.4, 0.5) is 27.2 Å². The van der Waals surface area contributed by atoms with Crippen LogP contribution in [-0.4, -0.2) is 107 Å². The molecule has 4 amide bonds. The smallest absolute Gasteiger partial charge is 0.352 e. The van der Waals surface area contributed by atoms with Gasteiger partial charge in [-0.2, -0.15) is 0 Å². The van der Waals surface area contributed by atoms with Crippen LogP contribution in [-0.2, 0) is 31.3 Å². The quantitative estimate of drug-likeness (QED) is 0.0788. The molecule has 1 fully saturated rings. The number of nitrogens with two attached hydrogens (primary N) is 2. The average Bonchev–Trinajstić information content (AvgIpc) is 3.71. The monoisotopic (exact) mass is 789 g/mol. The molecule has 52 heavy (non-hydrogen) atoms. The third kappa shape index (κ3) is 7.14. The normalized spacial score (nSPS) is 17.6. The van der Waals surface area contributed by atoms with Crippen molar-refractivity contribution in [3.8, 4) is 0 Å². The van der Waals surface area contributed by atoms with Crippen molar-refractivity contribution in [3.05, 3.63) is 63.2 Å². The number of sulfone groups is 1. The van der Waals surface area contributed by atoms with Gasteiger partial charge in [0, 0.05) is 35.9 Å². The molecule has 0 aliphatic carbocycles. The van der Waals surface area contributed by atoms with Crippen LogP contribution < -0.4 is 32.6 Å². The van der Waals surface area contributed by atoms with Crippen molar-refractivity contribution in [2.75, 3.05) is 33.7 Å². The average molecular weight is 790 g/mol. The Labute approximate surface area is 305 Å². The second kappa shape index (κ2) is 14.2. The first-order valence-electron chi connectivity index (χ1n) is 14.7. The summed E-state index contributed by atoms with van der Waals surface area (Å²) in [6.07, 6.45) is 2.05. The molecule has 0 bridgehead atoms. The summed E-state index contributed by atoms with van der Waals surface area (Å²) in [4.78, 5) is 78.6. The molecule has 6 rings (SSSR count). The van der Waals surface area contributed by atoms with Crippen LogP contribution >= 0.6 is 34.9 Å². The van der Waals surface area contributed by atoms with Gasteiger partial charge in [0.25, 0.3) is 11.5 Å². The molecule has 3 aromatic heterocycles. The van der Waals surface area contributed by atoms with Crippen molar-refractivity contribution >= 4 is 91.0 Å². The lowest BCUT2D eigenvalue weighted by Crippen LogP contribution is -2.71. The van der Waals surface area contributed by atoms with Gasteiger partial charge in [-0.15, -0.1) is 28.2 Å². The molecule has 25 heteroatoms. The molecular formula is C27H27N13O8S4. The summed E-state index contributed by atoms with van der Waals surface area (Å²) in [5, 5.41) is 27.6. The summed E-state index contributed by atoms with van der Waals surface area (Å²) in [5.41, 5.74) is 10.7. The Hall–Kier alpha value is -5.53. The molecular weight excluding hydrogens is 763 g/mol. The zero-order chi connectivity index (χ0) is 37.5. The molecule has 2 aliphatic heterocycles. The first-order valence-corrected chi connectivity index (χ1v) is 19.5. The number of nitrogens with one attached hydrogen (secondary N) is 3. The third-order valence-electron chi connectivity index (χ3n) is 7.65. The number of benzene rings is 1. The van der Waals surface area contributed by atoms with E-state index in [9.17, 15) is 37.5 Å². The zero-order valence-electron chi connectivity index (χ0n) is 26.8. The van der Waals surface area contributed by atoms with E-state index in [4.69, 9.17) is 11.5 Å². The minimum atomic E-state index is -3.44. The van der Waals surface area contributed by atoms with E-state index < -0.39 is 62.4 Å². The molecule has 2 aliphatic rings. The number of hydrogen-bond donors (Lipinski definition) is 6. The number of carbonyl (C=O) groups is 4. The number of rotatable bonds is 12. The minimum absolute atomic E-state index is 0.0261. The second-order valence-corrected chi connectivity index (χ2v) is 16.1. The van der Waals surface area contributed by atoms with Crippen molar-refractivity contribution in [1.82, 2.24) is 45.4 Å². The Kier molecular flexibility index (Phi) is 9.93. The predicted molar refractivity (Wildman–Crippen MR) is 188 cm³/mol. The number of aliphatic carboxylic acids is 1. The van der Waals surface area contributed by atoms with Crippen LogP contribution in [0.15, 0.2) is 62.0 Å². The molecule has 1 saturated heterocycles. The number of tetrazole rings is 1. The van der Waals surface area contributed by atoms with E-state index in [0.717, 1.165) is 28.7 Å². The number of thioether (sulfide) groups is 2. The Morgan fingerprint density at radius 2 is 1.96 bits per heavy atom. The van der Waals surface area contributed by atoms with E-state index in [-0.39, 0.29) is 38.9 Å². The number of anilines is 4. The molecule has 4 aromatic rings. The predicted octanol–water partition coefficient (Wildman–Crippen LogP) is -0.363. The highest BCUT2D eigenvalue weighted by Crippen LogP contribution is 2.42. The Morgan fingerprint density at radius 1 is 1.23 bits per heavy atom. The van der Waals surface area contributed by atoms with Crippen molar-refractivity contribution < 1.29 is 32.7 Å². The number of β-lactam (4-membered cyclic amide) rings is 1. The summed E-state index contributed by atoms with van der Waals surface area (Å²) >= 11 is 3.36. The molecule has 1 aromatic carbocycles. The van der Waals surface area contributed by atoms with Crippen LogP contribution in [0.1, 0.15) is 11.7 Å². The van der Waals surface area contributed by atoms with E-state index in [0.29, 0.717) is 21.3 Å². The van der Waals surface area contributed by atoms with Gasteiger partial charge >= 0.3 is 12.0 Å². The van der Waals surface area contributed by atoms with Crippen LogP contribution in [0.25, 0.3) is 0 Å². The van der Waals surface area contributed by atoms with E-state index in [1.807, 2.05) is 0 Å². The number of carbonyl (C=O) groups excluding carboxylic acids is 3. The van der Waals surface area contributed by atoms with Crippen molar-refractivity contribution in [2.45, 2.75) is 27.5 Å². The summed E-state index contributed by atoms with van der Waals surface area (Å²) in [5.74, 6) is -2.71. The summed E-state index contributed by atoms with van der Waals surface area (Å²) in [6.45, 7) is 0. The number of aromatic amines is 1. The third-order valence-corrected chi connectivity index (χ3v) is 11.9. The van der Waals surface area contributed by atoms with Crippen LogP contribution in [0.2, 0.25) is 0 Å². The number of thiazole rings is 1. The van der Waals surface area contributed by atoms with Gasteiger partial charge in [0.15, 0.2) is 21.0 Å². The van der Waals surface area contributed by atoms with Crippen LogP contribution in [0.5, 0.6) is 0 Å². The zero-order valence-corrected chi connectivity index (χ0v) is 30.0. The molecule has 272 valence electrons. The van der Waals surface area contributed by atoms with Gasteiger partial charge in [0.05, 0.1) is 16.8 Å². The van der Waals surface area contributed by atoms with Crippen LogP contribution in [0, 0.1) is 0 Å². The number of carboxylic acids is 1. The first kappa shape index (κ1) is 36.3. The van der Waals surface area contributed by atoms with Gasteiger partial charge in [-0.25, -0.2) is 32.7 Å². The number of nitrogens with zero attached hydrogens (tertiary/aromatic N) is 8. The molecule has 0 saturated carbocycles. The molecule has 21 nitrogen and oxygen atoms in total. The van der Waals surface area contributed by atoms with Crippen molar-refractivity contribution in [1.29, 1.82) is 0 Å². The standard InChI is InChI=1S/C27H27N13O8S4/c1-38-27(35-36-37-38)51-9-11-8-49-22-16(21(43)40(22)17(11)23(44)45)33-20(42)18(14-10-50-24(28)32-14)39(25(29)46)15-7-30-26(34-19(15)41)31-12-3-5-13(6-4-12)52(2,47)48/h3-7,10,16,18,22H,8-9H2,1-2H3,(H2,28,32)(H2,29,46)(H,33,42)(H,44,45)(H2,30,31,34,41)/t16-,18?,22+/m1/s1. The van der Waals surface area contributed by atoms with E-state index in [2.05, 4.69) is 41.1 Å². The first-order chi connectivity index (χ1) is 24.6. The number of aromatic nitrogens is 7.